The largest absolute Gasteiger partial charge is 0.449 e. The third-order valence-electron chi connectivity index (χ3n) is 4.82. The fourth-order valence-electron chi connectivity index (χ4n) is 3.24. The van der Waals surface area contributed by atoms with E-state index in [2.05, 4.69) is 5.10 Å². The van der Waals surface area contributed by atoms with Crippen molar-refractivity contribution >= 4 is 23.6 Å². The Kier molecular flexibility index (Phi) is 6.79. The highest BCUT2D eigenvalue weighted by molar-refractivity contribution is 6.33. The lowest BCUT2D eigenvalue weighted by Gasteiger charge is -2.34. The zero-order valence-corrected chi connectivity index (χ0v) is 17.9. The molecular formula is C21H27ClN4O3. The Balaban J connectivity index is 1.63. The monoisotopic (exact) mass is 418 g/mol. The second-order valence-corrected chi connectivity index (χ2v) is 8.00. The van der Waals surface area contributed by atoms with Crippen molar-refractivity contribution in [3.05, 3.63) is 52.3 Å². The van der Waals surface area contributed by atoms with Crippen LogP contribution in [0.25, 0.3) is 0 Å². The summed E-state index contributed by atoms with van der Waals surface area (Å²) < 4.78 is 6.92. The average molecular weight is 419 g/mol. The molecule has 0 unspecified atom stereocenters. The predicted molar refractivity (Wildman–Crippen MR) is 111 cm³/mol. The van der Waals surface area contributed by atoms with Crippen molar-refractivity contribution in [1.29, 1.82) is 0 Å². The molecule has 0 bridgehead atoms. The lowest BCUT2D eigenvalue weighted by atomic mass is 10.2. The van der Waals surface area contributed by atoms with Crippen LogP contribution in [0.1, 0.15) is 35.5 Å². The fourth-order valence-corrected chi connectivity index (χ4v) is 3.55. The molecule has 0 atom stereocenters. The van der Waals surface area contributed by atoms with E-state index in [1.165, 1.54) is 0 Å². The van der Waals surface area contributed by atoms with Crippen LogP contribution in [0, 0.1) is 12.8 Å². The zero-order valence-electron chi connectivity index (χ0n) is 17.1. The molecular weight excluding hydrogens is 392 g/mol. The lowest BCUT2D eigenvalue weighted by molar-refractivity contribution is 0.0535. The van der Waals surface area contributed by atoms with Crippen molar-refractivity contribution < 1.29 is 14.3 Å². The van der Waals surface area contributed by atoms with Crippen LogP contribution in [0.5, 0.6) is 0 Å². The molecule has 0 spiro atoms. The highest BCUT2D eigenvalue weighted by Gasteiger charge is 2.29. The highest BCUT2D eigenvalue weighted by atomic mass is 35.5. The quantitative estimate of drug-likeness (QED) is 0.745. The maximum atomic E-state index is 13.1. The second kappa shape index (κ2) is 9.31. The van der Waals surface area contributed by atoms with E-state index in [1.54, 1.807) is 21.4 Å². The van der Waals surface area contributed by atoms with Crippen molar-refractivity contribution in [2.75, 3.05) is 32.8 Å². The molecule has 29 heavy (non-hydrogen) atoms. The Morgan fingerprint density at radius 3 is 2.34 bits per heavy atom. The summed E-state index contributed by atoms with van der Waals surface area (Å²) in [6, 6.07) is 9.85. The number of carbonyl (C=O) groups excluding carboxylic acids is 2. The molecule has 1 aromatic carbocycles. The molecule has 0 aliphatic carbocycles. The third-order valence-corrected chi connectivity index (χ3v) is 5.20. The number of aromatic nitrogens is 2. The van der Waals surface area contributed by atoms with Crippen LogP contribution in [0.4, 0.5) is 4.79 Å². The van der Waals surface area contributed by atoms with Gasteiger partial charge in [0, 0.05) is 26.2 Å². The summed E-state index contributed by atoms with van der Waals surface area (Å²) in [5, 5.41) is 4.80. The van der Waals surface area contributed by atoms with Crippen LogP contribution < -0.4 is 0 Å². The first kappa shape index (κ1) is 21.2. The number of ether oxygens (including phenoxy) is 1. The van der Waals surface area contributed by atoms with Crippen molar-refractivity contribution in [3.8, 4) is 0 Å². The van der Waals surface area contributed by atoms with Gasteiger partial charge in [-0.2, -0.15) is 5.10 Å². The SMILES string of the molecule is Cc1nn(Cc2ccccc2)c(Cl)c1C(=O)N1CCN(C(=O)OCC(C)C)CC1. The van der Waals surface area contributed by atoms with Crippen molar-refractivity contribution in [1.82, 2.24) is 19.6 Å². The van der Waals surface area contributed by atoms with Crippen LogP contribution in [0.3, 0.4) is 0 Å². The van der Waals surface area contributed by atoms with Gasteiger partial charge in [-0.1, -0.05) is 55.8 Å². The molecule has 0 radical (unpaired) electrons. The number of piperazine rings is 1. The third kappa shape index (κ3) is 5.09. The van der Waals surface area contributed by atoms with Crippen LogP contribution in [0.2, 0.25) is 5.15 Å². The van der Waals surface area contributed by atoms with Gasteiger partial charge in [0.2, 0.25) is 0 Å². The van der Waals surface area contributed by atoms with Crippen LogP contribution in [-0.4, -0.2) is 64.4 Å². The smallest absolute Gasteiger partial charge is 0.409 e. The Morgan fingerprint density at radius 1 is 1.10 bits per heavy atom. The molecule has 7 nitrogen and oxygen atoms in total. The molecule has 156 valence electrons. The zero-order chi connectivity index (χ0) is 21.0. The second-order valence-electron chi connectivity index (χ2n) is 7.64. The van der Waals surface area contributed by atoms with Crippen LogP contribution >= 0.6 is 11.6 Å². The Labute approximate surface area is 176 Å². The molecule has 2 amide bonds. The van der Waals surface area contributed by atoms with Gasteiger partial charge in [-0.25, -0.2) is 9.48 Å². The number of halogens is 1. The minimum Gasteiger partial charge on any atom is -0.449 e. The van der Waals surface area contributed by atoms with Gasteiger partial charge in [0.05, 0.1) is 24.4 Å². The molecule has 1 aromatic heterocycles. The first-order chi connectivity index (χ1) is 13.9. The molecule has 1 saturated heterocycles. The van der Waals surface area contributed by atoms with Gasteiger partial charge < -0.3 is 14.5 Å². The van der Waals surface area contributed by atoms with Crippen LogP contribution in [-0.2, 0) is 11.3 Å². The predicted octanol–water partition coefficient (Wildman–Crippen LogP) is 3.44. The summed E-state index contributed by atoms with van der Waals surface area (Å²) in [4.78, 5) is 28.5. The average Bonchev–Trinajstić information content (AvgIpc) is 2.99. The number of rotatable bonds is 5. The number of amides is 2. The van der Waals surface area contributed by atoms with E-state index in [-0.39, 0.29) is 12.0 Å². The van der Waals surface area contributed by atoms with Crippen molar-refractivity contribution in [2.45, 2.75) is 27.3 Å². The van der Waals surface area contributed by atoms with E-state index in [0.29, 0.717) is 61.7 Å². The molecule has 0 N–H and O–H groups in total. The molecule has 3 rings (SSSR count). The normalized spacial score (nSPS) is 14.4. The highest BCUT2D eigenvalue weighted by Crippen LogP contribution is 2.23. The first-order valence-electron chi connectivity index (χ1n) is 9.84. The van der Waals surface area contributed by atoms with E-state index in [9.17, 15) is 9.59 Å². The first-order valence-corrected chi connectivity index (χ1v) is 10.2. The maximum Gasteiger partial charge on any atom is 0.409 e. The summed E-state index contributed by atoms with van der Waals surface area (Å²) in [6.45, 7) is 8.44. The summed E-state index contributed by atoms with van der Waals surface area (Å²) in [6.07, 6.45) is -0.323. The van der Waals surface area contributed by atoms with Crippen molar-refractivity contribution in [3.63, 3.8) is 0 Å². The number of nitrogens with zero attached hydrogens (tertiary/aromatic N) is 4. The van der Waals surface area contributed by atoms with Gasteiger partial charge in [0.15, 0.2) is 0 Å². The van der Waals surface area contributed by atoms with Gasteiger partial charge in [0.25, 0.3) is 5.91 Å². The van der Waals surface area contributed by atoms with Crippen LogP contribution in [0.15, 0.2) is 30.3 Å². The number of aryl methyl sites for hydroxylation is 1. The molecule has 2 heterocycles. The van der Waals surface area contributed by atoms with Gasteiger partial charge in [-0.3, -0.25) is 4.79 Å². The Hall–Kier alpha value is -2.54. The Morgan fingerprint density at radius 2 is 1.72 bits per heavy atom. The fraction of sp³-hybridized carbons (Fsp3) is 0.476. The summed E-state index contributed by atoms with van der Waals surface area (Å²) in [5.41, 5.74) is 2.09. The van der Waals surface area contributed by atoms with E-state index in [1.807, 2.05) is 44.2 Å². The van der Waals surface area contributed by atoms with E-state index in [4.69, 9.17) is 16.3 Å². The molecule has 1 fully saturated rings. The van der Waals surface area contributed by atoms with Gasteiger partial charge in [0.1, 0.15) is 5.15 Å². The Bertz CT molecular complexity index is 858. The number of carbonyl (C=O) groups is 2. The van der Waals surface area contributed by atoms with E-state index >= 15 is 0 Å². The van der Waals surface area contributed by atoms with Crippen molar-refractivity contribution in [2.24, 2.45) is 5.92 Å². The molecule has 1 aliphatic rings. The number of hydrogen-bond acceptors (Lipinski definition) is 4. The van der Waals surface area contributed by atoms with Gasteiger partial charge in [-0.15, -0.1) is 0 Å². The molecule has 8 heteroatoms. The summed E-state index contributed by atoms with van der Waals surface area (Å²) in [7, 11) is 0. The molecule has 1 aliphatic heterocycles. The lowest BCUT2D eigenvalue weighted by Crippen LogP contribution is -2.51. The summed E-state index contributed by atoms with van der Waals surface area (Å²) in [5.74, 6) is 0.140. The minimum absolute atomic E-state index is 0.151. The number of benzene rings is 1. The van der Waals surface area contributed by atoms with Gasteiger partial charge >= 0.3 is 6.09 Å². The van der Waals surface area contributed by atoms with E-state index in [0.717, 1.165) is 5.56 Å². The standard InChI is InChI=1S/C21H27ClN4O3/c1-15(2)14-29-21(28)25-11-9-24(10-12-25)20(27)18-16(3)23-26(19(18)22)13-17-7-5-4-6-8-17/h4-8,15H,9-14H2,1-3H3. The maximum absolute atomic E-state index is 13.1. The van der Waals surface area contributed by atoms with Gasteiger partial charge in [-0.05, 0) is 18.4 Å². The molecule has 2 aromatic rings. The summed E-state index contributed by atoms with van der Waals surface area (Å²) >= 11 is 6.51. The topological polar surface area (TPSA) is 67.7 Å². The molecule has 0 saturated carbocycles. The number of hydrogen-bond donors (Lipinski definition) is 0. The van der Waals surface area contributed by atoms with E-state index < -0.39 is 0 Å². The minimum atomic E-state index is -0.323.